The standard InChI is InChI=1S/C14H11NS2/c1-10-15-13(12-8-5-9-16-12)14(17-10)11-6-3-2-4-7-11/h2-9H,1H3. The van der Waals surface area contributed by atoms with Crippen molar-refractivity contribution in [2.45, 2.75) is 6.92 Å². The molecule has 1 aromatic carbocycles. The third kappa shape index (κ3) is 2.04. The summed E-state index contributed by atoms with van der Waals surface area (Å²) in [4.78, 5) is 7.17. The summed E-state index contributed by atoms with van der Waals surface area (Å²) in [6.45, 7) is 2.06. The quantitative estimate of drug-likeness (QED) is 0.639. The largest absolute Gasteiger partial charge is 0.240 e. The van der Waals surface area contributed by atoms with Crippen molar-refractivity contribution in [3.05, 3.63) is 52.9 Å². The Morgan fingerprint density at radius 3 is 2.53 bits per heavy atom. The number of rotatable bonds is 2. The Morgan fingerprint density at radius 2 is 1.82 bits per heavy atom. The molecule has 3 heteroatoms. The van der Waals surface area contributed by atoms with E-state index in [9.17, 15) is 0 Å². The van der Waals surface area contributed by atoms with Crippen LogP contribution in [0.1, 0.15) is 5.01 Å². The average molecular weight is 257 g/mol. The molecule has 0 N–H and O–H groups in total. The Labute approximate surface area is 108 Å². The van der Waals surface area contributed by atoms with Gasteiger partial charge in [0.25, 0.3) is 0 Å². The Morgan fingerprint density at radius 1 is 1.00 bits per heavy atom. The lowest BCUT2D eigenvalue weighted by Gasteiger charge is -1.99. The lowest BCUT2D eigenvalue weighted by Crippen LogP contribution is -1.78. The fourth-order valence-corrected chi connectivity index (χ4v) is 3.52. The highest BCUT2D eigenvalue weighted by molar-refractivity contribution is 7.17. The Balaban J connectivity index is 2.18. The zero-order valence-electron chi connectivity index (χ0n) is 9.38. The lowest BCUT2D eigenvalue weighted by molar-refractivity contribution is 1.31. The first kappa shape index (κ1) is 10.7. The Kier molecular flexibility index (Phi) is 2.79. The molecule has 0 atom stereocenters. The van der Waals surface area contributed by atoms with Gasteiger partial charge in [-0.3, -0.25) is 0 Å². The van der Waals surface area contributed by atoms with Gasteiger partial charge in [0.2, 0.25) is 0 Å². The summed E-state index contributed by atoms with van der Waals surface area (Å²) in [7, 11) is 0. The minimum absolute atomic E-state index is 1.12. The third-order valence-corrected chi connectivity index (χ3v) is 4.42. The summed E-state index contributed by atoms with van der Waals surface area (Å²) in [5.41, 5.74) is 2.37. The van der Waals surface area contributed by atoms with E-state index >= 15 is 0 Å². The van der Waals surface area contributed by atoms with E-state index in [-0.39, 0.29) is 0 Å². The van der Waals surface area contributed by atoms with Gasteiger partial charge in [-0.25, -0.2) is 4.98 Å². The number of aryl methyl sites for hydroxylation is 1. The van der Waals surface area contributed by atoms with Crippen LogP contribution in [0, 0.1) is 6.92 Å². The predicted octanol–water partition coefficient (Wildman–Crippen LogP) is 4.85. The molecule has 0 saturated heterocycles. The summed E-state index contributed by atoms with van der Waals surface area (Å²) in [6, 6.07) is 14.7. The van der Waals surface area contributed by atoms with Gasteiger partial charge in [0.1, 0.15) is 0 Å². The molecule has 0 spiro atoms. The molecular weight excluding hydrogens is 246 g/mol. The summed E-state index contributed by atoms with van der Waals surface area (Å²) in [6.07, 6.45) is 0. The second kappa shape index (κ2) is 4.43. The van der Waals surface area contributed by atoms with Gasteiger partial charge in [0.15, 0.2) is 0 Å². The fraction of sp³-hybridized carbons (Fsp3) is 0.0714. The molecule has 3 rings (SSSR count). The van der Waals surface area contributed by atoms with E-state index in [1.54, 1.807) is 22.7 Å². The molecule has 1 nitrogen and oxygen atoms in total. The molecule has 0 bridgehead atoms. The first-order valence-electron chi connectivity index (χ1n) is 5.41. The van der Waals surface area contributed by atoms with Gasteiger partial charge in [-0.2, -0.15) is 0 Å². The maximum Gasteiger partial charge on any atom is 0.0993 e. The lowest BCUT2D eigenvalue weighted by atomic mass is 10.1. The normalized spacial score (nSPS) is 10.6. The molecule has 2 aromatic heterocycles. The van der Waals surface area contributed by atoms with Crippen LogP contribution in [0.3, 0.4) is 0 Å². The van der Waals surface area contributed by atoms with Crippen LogP contribution in [0.4, 0.5) is 0 Å². The van der Waals surface area contributed by atoms with Gasteiger partial charge in [0, 0.05) is 0 Å². The summed E-state index contributed by atoms with van der Waals surface area (Å²) in [5.74, 6) is 0. The Bertz CT molecular complexity index is 609. The highest BCUT2D eigenvalue weighted by Gasteiger charge is 2.13. The van der Waals surface area contributed by atoms with Crippen LogP contribution in [0.5, 0.6) is 0 Å². The van der Waals surface area contributed by atoms with Crippen molar-refractivity contribution in [3.8, 4) is 21.0 Å². The highest BCUT2D eigenvalue weighted by Crippen LogP contribution is 2.38. The van der Waals surface area contributed by atoms with E-state index in [0.29, 0.717) is 0 Å². The average Bonchev–Trinajstić information content (AvgIpc) is 2.98. The molecule has 0 saturated carbocycles. The number of aromatic nitrogens is 1. The van der Waals surface area contributed by atoms with Gasteiger partial charge in [-0.15, -0.1) is 22.7 Å². The summed E-state index contributed by atoms with van der Waals surface area (Å²) in [5, 5.41) is 3.21. The van der Waals surface area contributed by atoms with Crippen LogP contribution >= 0.6 is 22.7 Å². The third-order valence-electron chi connectivity index (χ3n) is 2.52. The summed E-state index contributed by atoms with van der Waals surface area (Å²) < 4.78 is 0. The smallest absolute Gasteiger partial charge is 0.0993 e. The molecule has 0 radical (unpaired) electrons. The predicted molar refractivity (Wildman–Crippen MR) is 75.6 cm³/mol. The molecule has 17 heavy (non-hydrogen) atoms. The van der Waals surface area contributed by atoms with Crippen LogP contribution in [0.25, 0.3) is 21.0 Å². The highest BCUT2D eigenvalue weighted by atomic mass is 32.1. The molecular formula is C14H11NS2. The van der Waals surface area contributed by atoms with Crippen molar-refractivity contribution in [1.29, 1.82) is 0 Å². The van der Waals surface area contributed by atoms with E-state index in [0.717, 1.165) is 10.7 Å². The molecule has 0 amide bonds. The van der Waals surface area contributed by atoms with E-state index in [4.69, 9.17) is 0 Å². The molecule has 0 fully saturated rings. The van der Waals surface area contributed by atoms with Crippen molar-refractivity contribution < 1.29 is 0 Å². The van der Waals surface area contributed by atoms with Crippen LogP contribution < -0.4 is 0 Å². The molecule has 84 valence electrons. The van der Waals surface area contributed by atoms with E-state index in [2.05, 4.69) is 53.7 Å². The van der Waals surface area contributed by atoms with Crippen LogP contribution in [0.2, 0.25) is 0 Å². The SMILES string of the molecule is Cc1nc(-c2cccs2)c(-c2ccccc2)s1. The molecule has 0 aliphatic heterocycles. The zero-order valence-corrected chi connectivity index (χ0v) is 11.0. The first-order chi connectivity index (χ1) is 8.34. The van der Waals surface area contributed by atoms with Gasteiger partial charge in [-0.05, 0) is 23.9 Å². The van der Waals surface area contributed by atoms with Crippen molar-refractivity contribution in [3.63, 3.8) is 0 Å². The number of thiazole rings is 1. The van der Waals surface area contributed by atoms with Crippen molar-refractivity contribution >= 4 is 22.7 Å². The van der Waals surface area contributed by atoms with Crippen molar-refractivity contribution in [2.24, 2.45) is 0 Å². The number of benzene rings is 1. The number of thiophene rings is 1. The molecule has 0 unspecified atom stereocenters. The van der Waals surface area contributed by atoms with Gasteiger partial charge < -0.3 is 0 Å². The minimum atomic E-state index is 1.12. The molecule has 3 aromatic rings. The van der Waals surface area contributed by atoms with Crippen LogP contribution in [0.15, 0.2) is 47.8 Å². The zero-order chi connectivity index (χ0) is 11.7. The summed E-state index contributed by atoms with van der Waals surface area (Å²) >= 11 is 3.50. The second-order valence-electron chi connectivity index (χ2n) is 3.75. The first-order valence-corrected chi connectivity index (χ1v) is 7.11. The number of hydrogen-bond donors (Lipinski definition) is 0. The minimum Gasteiger partial charge on any atom is -0.240 e. The Hall–Kier alpha value is -1.45. The maximum atomic E-state index is 4.66. The van der Waals surface area contributed by atoms with Gasteiger partial charge in [0.05, 0.1) is 20.5 Å². The number of hydrogen-bond acceptors (Lipinski definition) is 3. The number of nitrogens with zero attached hydrogens (tertiary/aromatic N) is 1. The van der Waals surface area contributed by atoms with Crippen LogP contribution in [-0.2, 0) is 0 Å². The molecule has 2 heterocycles. The fourth-order valence-electron chi connectivity index (χ4n) is 1.79. The van der Waals surface area contributed by atoms with Crippen molar-refractivity contribution in [2.75, 3.05) is 0 Å². The van der Waals surface area contributed by atoms with Crippen LogP contribution in [-0.4, -0.2) is 4.98 Å². The monoisotopic (exact) mass is 257 g/mol. The van der Waals surface area contributed by atoms with Gasteiger partial charge in [-0.1, -0.05) is 36.4 Å². The molecule has 0 aliphatic rings. The van der Waals surface area contributed by atoms with Gasteiger partial charge >= 0.3 is 0 Å². The van der Waals surface area contributed by atoms with E-state index in [1.165, 1.54) is 15.3 Å². The topological polar surface area (TPSA) is 12.9 Å². The molecule has 0 aliphatic carbocycles. The maximum absolute atomic E-state index is 4.66. The second-order valence-corrected chi connectivity index (χ2v) is 5.90. The van der Waals surface area contributed by atoms with Crippen molar-refractivity contribution in [1.82, 2.24) is 4.98 Å². The van der Waals surface area contributed by atoms with E-state index in [1.807, 2.05) is 6.07 Å². The van der Waals surface area contributed by atoms with E-state index < -0.39 is 0 Å².